The Hall–Kier alpha value is -5.71. The van der Waals surface area contributed by atoms with Gasteiger partial charge < -0.3 is 46.9 Å². The number of carbonyl (C=O) groups excluding carboxylic acids is 9. The monoisotopic (exact) mass is 1500 g/mol. The van der Waals surface area contributed by atoms with Crippen LogP contribution in [0.15, 0.2) is 25.3 Å². The smallest absolute Gasteiger partial charge is 0.408 e. The fourth-order valence-electron chi connectivity index (χ4n) is 21.3. The predicted octanol–water partition coefficient (Wildman–Crippen LogP) is 7.05. The molecular weight excluding hydrogens is 1380 g/mol. The highest BCUT2D eigenvalue weighted by molar-refractivity contribution is 7.88. The second-order valence-electron chi connectivity index (χ2n) is 37.8. The van der Waals surface area contributed by atoms with Crippen molar-refractivity contribution in [2.45, 2.75) is 297 Å². The van der Waals surface area contributed by atoms with Crippen molar-refractivity contribution in [1.82, 2.24) is 54.4 Å². The molecule has 4 aliphatic heterocycles. The maximum atomic E-state index is 15.1. The third-order valence-electron chi connectivity index (χ3n) is 28.5. The van der Waals surface area contributed by atoms with E-state index in [0.717, 1.165) is 116 Å². The molecule has 0 aromatic rings. The van der Waals surface area contributed by atoms with Crippen LogP contribution in [0.3, 0.4) is 0 Å². The van der Waals surface area contributed by atoms with Crippen molar-refractivity contribution in [3.8, 4) is 0 Å². The summed E-state index contributed by atoms with van der Waals surface area (Å²) in [5.41, 5.74) is 0.345. The van der Waals surface area contributed by atoms with Crippen molar-refractivity contribution in [2.24, 2.45) is 72.7 Å². The molecule has 0 aromatic heterocycles. The van der Waals surface area contributed by atoms with Crippen LogP contribution in [-0.2, 0) is 63.5 Å². The number of ether oxygens (including phenoxy) is 1. The van der Waals surface area contributed by atoms with Crippen LogP contribution in [-0.4, -0.2) is 181 Å². The minimum atomic E-state index is -4.11. The van der Waals surface area contributed by atoms with E-state index in [1.165, 1.54) is 8.61 Å². The van der Waals surface area contributed by atoms with Crippen LogP contribution in [0.2, 0.25) is 0 Å². The van der Waals surface area contributed by atoms with Gasteiger partial charge in [0.1, 0.15) is 46.9 Å². The fraction of sp³-hybridized carbons (Fsp3) is 0.831. The summed E-state index contributed by atoms with van der Waals surface area (Å²) >= 11 is 0. The van der Waals surface area contributed by atoms with Gasteiger partial charge in [-0.05, 0) is 168 Å². The first-order valence-electron chi connectivity index (χ1n) is 39.3. The number of hydrogen-bond acceptors (Lipinski definition) is 15. The molecule has 4 heterocycles. The third-order valence-corrected chi connectivity index (χ3v) is 31.5. The van der Waals surface area contributed by atoms with Gasteiger partial charge in [0.05, 0.1) is 6.04 Å². The Morgan fingerprint density at radius 1 is 0.486 bits per heavy atom. The second-order valence-corrected chi connectivity index (χ2v) is 41.2. The zero-order valence-corrected chi connectivity index (χ0v) is 66.6. The van der Waals surface area contributed by atoms with E-state index in [1.54, 1.807) is 42.7 Å². The third kappa shape index (κ3) is 14.2. The zero-order chi connectivity index (χ0) is 77.1. The molecule has 4 saturated heterocycles. The van der Waals surface area contributed by atoms with Crippen molar-refractivity contribution in [1.29, 1.82) is 0 Å². The predicted molar refractivity (Wildman–Crippen MR) is 396 cm³/mol. The van der Waals surface area contributed by atoms with Crippen LogP contribution in [0.1, 0.15) is 244 Å². The highest BCUT2D eigenvalue weighted by atomic mass is 32.2. The van der Waals surface area contributed by atoms with Gasteiger partial charge in [0.15, 0.2) is 0 Å². The SMILES string of the molecule is C=C[C@@H]1C[C@]1(NC(=O)[C@@H]1C[C@@]2(CN1C(=O)[C@@H](NC(=O)[C@@H](N)C1CCCCC1)C(C)(C)C)C(C)(C)C21CCC1)C(=O)NS(=O)(=O)N1CCCC1.C=C[C@@H]1C[C@]1(NC(=O)[C@@H]1C[C@@]2(CN1C(=O)[C@@H](NC(=O)[C@@H](NC(=O)OC(C)(C)C)C1CCCCC1)C(C)(C)C)C(C)(C)C21CCC1)C(=O)NS(=O)(=O)N1CCCC1. The summed E-state index contributed by atoms with van der Waals surface area (Å²) in [5, 5.41) is 14.8. The van der Waals surface area contributed by atoms with Gasteiger partial charge in [0, 0.05) is 61.9 Å². The van der Waals surface area contributed by atoms with E-state index >= 15 is 4.79 Å². The molecule has 9 amide bonds. The number of fused-ring (bicyclic) bond motifs is 2. The number of alkyl carbamates (subject to hydrolysis) is 1. The molecule has 4 spiro atoms. The van der Waals surface area contributed by atoms with Gasteiger partial charge in [-0.3, -0.25) is 38.4 Å². The van der Waals surface area contributed by atoms with Crippen molar-refractivity contribution in [2.75, 3.05) is 39.3 Å². The molecular formula is C77H124N12O14S2. The molecule has 8 saturated carbocycles. The maximum absolute atomic E-state index is 15.1. The van der Waals surface area contributed by atoms with Crippen LogP contribution in [0.4, 0.5) is 4.79 Å². The minimum absolute atomic E-state index is 0.0273. The van der Waals surface area contributed by atoms with Crippen LogP contribution in [0.5, 0.6) is 0 Å². The molecule has 105 heavy (non-hydrogen) atoms. The lowest BCUT2D eigenvalue weighted by atomic mass is 9.73. The molecule has 9 N–H and O–H groups in total. The molecule has 588 valence electrons. The largest absolute Gasteiger partial charge is 0.444 e. The minimum Gasteiger partial charge on any atom is -0.444 e. The first-order valence-corrected chi connectivity index (χ1v) is 42.2. The Morgan fingerprint density at radius 3 is 1.16 bits per heavy atom. The quantitative estimate of drug-likeness (QED) is 0.0534. The Balaban J connectivity index is 0.000000212. The summed E-state index contributed by atoms with van der Waals surface area (Å²) in [6.45, 7) is 35.1. The van der Waals surface area contributed by atoms with E-state index in [4.69, 9.17) is 10.5 Å². The topological polar surface area (TPSA) is 354 Å². The van der Waals surface area contributed by atoms with Crippen LogP contribution in [0.25, 0.3) is 0 Å². The summed E-state index contributed by atoms with van der Waals surface area (Å²) in [4.78, 5) is 131. The molecule has 0 unspecified atom stereocenters. The van der Waals surface area contributed by atoms with Crippen molar-refractivity contribution in [3.05, 3.63) is 25.3 Å². The standard InChI is InChI=1S/C41H66N6O8S.C36H58N6O6S/c1-10-27-23-41(27,34(51)45-56(53,54)46-21-14-15-22-46)44-31(48)28-24-40(38(8,9)39(40)19-16-20-39)25-47(28)33(50)30(36(2,3)4)43-32(49)29(26-17-12-11-13-18-26)42-35(52)55-37(5,6)7;1-7-24-20-36(24,31(46)40-49(47,48)41-18-11-12-19-41)39-28(43)25-21-35(33(5,6)34(35)16-13-17-34)22-42(25)30(45)27(32(2,3)4)38-29(44)26(37)23-14-9-8-10-15-23/h10,26-30H,1,11-25H2,2-9H3,(H,42,52)(H,43,49)(H,44,48)(H,45,51);7,23-27H,1,8-22,37H2,2-6H3,(H,38,44)(H,39,43)(H,40,46)/t27-,28+,29+,30-,40-,41-;24-,25+,26+,27-,35-,36-/m11/s1. The number of amides is 9. The highest BCUT2D eigenvalue weighted by Crippen LogP contribution is 2.89. The fourth-order valence-corrected chi connectivity index (χ4v) is 23.9. The Labute approximate surface area is 624 Å². The van der Waals surface area contributed by atoms with Crippen molar-refractivity contribution < 1.29 is 64.7 Å². The molecule has 12 fully saturated rings. The van der Waals surface area contributed by atoms with Crippen LogP contribution < -0.4 is 41.8 Å². The summed E-state index contributed by atoms with van der Waals surface area (Å²) in [6, 6.07) is -5.49. The maximum Gasteiger partial charge on any atom is 0.408 e. The number of carbonyl (C=O) groups is 9. The zero-order valence-electron chi connectivity index (χ0n) is 65.0. The molecule has 0 radical (unpaired) electrons. The van der Waals surface area contributed by atoms with Gasteiger partial charge in [-0.1, -0.05) is 133 Å². The van der Waals surface area contributed by atoms with Gasteiger partial charge in [0.25, 0.3) is 11.8 Å². The lowest BCUT2D eigenvalue weighted by Gasteiger charge is -2.38. The molecule has 28 heteroatoms. The second kappa shape index (κ2) is 28.3. The van der Waals surface area contributed by atoms with E-state index in [1.807, 2.05) is 41.5 Å². The van der Waals surface area contributed by atoms with E-state index in [2.05, 4.69) is 76.9 Å². The number of hydrogen-bond donors (Lipinski definition) is 8. The average Bonchev–Trinajstić information content (AvgIpc) is 1.46. The lowest BCUT2D eigenvalue weighted by Crippen LogP contribution is -2.62. The van der Waals surface area contributed by atoms with Gasteiger partial charge >= 0.3 is 26.5 Å². The Kier molecular flexibility index (Phi) is 21.7. The van der Waals surface area contributed by atoms with Gasteiger partial charge in [0.2, 0.25) is 35.4 Å². The summed E-state index contributed by atoms with van der Waals surface area (Å²) in [5.74, 6) is -5.22. The number of nitrogens with one attached hydrogen (secondary N) is 7. The number of rotatable bonds is 21. The van der Waals surface area contributed by atoms with Gasteiger partial charge in [-0.15, -0.1) is 13.2 Å². The summed E-state index contributed by atoms with van der Waals surface area (Å²) in [7, 11) is -8.18. The van der Waals surface area contributed by atoms with Crippen LogP contribution >= 0.6 is 0 Å². The van der Waals surface area contributed by atoms with Crippen LogP contribution in [0, 0.1) is 67.0 Å². The van der Waals surface area contributed by atoms with E-state index in [9.17, 15) is 55.2 Å². The molecule has 12 atom stereocenters. The van der Waals surface area contributed by atoms with Gasteiger partial charge in [-0.25, -0.2) is 14.2 Å². The molecule has 8 aliphatic carbocycles. The lowest BCUT2D eigenvalue weighted by molar-refractivity contribution is -0.145. The molecule has 0 aromatic carbocycles. The number of nitrogens with zero attached hydrogens (tertiary/aromatic N) is 4. The first kappa shape index (κ1) is 80.3. The Morgan fingerprint density at radius 2 is 0.848 bits per heavy atom. The summed E-state index contributed by atoms with van der Waals surface area (Å²) in [6.07, 6.45) is 22.1. The van der Waals surface area contributed by atoms with Crippen molar-refractivity contribution in [3.63, 3.8) is 0 Å². The number of likely N-dealkylation sites (tertiary alicyclic amines) is 2. The van der Waals surface area contributed by atoms with E-state index in [0.29, 0.717) is 65.0 Å². The normalized spacial score (nSPS) is 32.0. The molecule has 12 aliphatic rings. The highest BCUT2D eigenvalue weighted by Gasteiger charge is 2.87. The molecule has 12 rings (SSSR count). The van der Waals surface area contributed by atoms with E-state index in [-0.39, 0.29) is 69.0 Å². The Bertz CT molecular complexity index is 3680. The average molecular weight is 1510 g/mol. The van der Waals surface area contributed by atoms with Crippen molar-refractivity contribution >= 4 is 73.8 Å². The number of nitrogens with two attached hydrogens (primary N) is 1. The first-order chi connectivity index (χ1) is 48.8. The molecule has 0 bridgehead atoms. The van der Waals surface area contributed by atoms with Gasteiger partial charge in [-0.2, -0.15) is 25.4 Å². The van der Waals surface area contributed by atoms with E-state index < -0.39 is 138 Å². The molecule has 26 nitrogen and oxygen atoms in total. The summed E-state index contributed by atoms with van der Waals surface area (Å²) < 4.78 is 64.8.